The molecule has 0 aliphatic rings. The second-order valence-corrected chi connectivity index (χ2v) is 2.69. The van der Waals surface area contributed by atoms with Gasteiger partial charge in [0.05, 0.1) is 16.3 Å². The highest BCUT2D eigenvalue weighted by atomic mass is 35.5. The number of hydrogen-bond acceptors (Lipinski definition) is 2. The maximum absolute atomic E-state index is 13.0. The maximum atomic E-state index is 13.0. The zero-order chi connectivity index (χ0) is 9.14. The fourth-order valence-electron chi connectivity index (χ4n) is 0.893. The lowest BCUT2D eigenvalue weighted by Crippen LogP contribution is -1.99. The van der Waals surface area contributed by atoms with Gasteiger partial charge >= 0.3 is 0 Å². The third kappa shape index (κ3) is 1.56. The van der Waals surface area contributed by atoms with Crippen LogP contribution in [0.2, 0.25) is 5.02 Å². The van der Waals surface area contributed by atoms with Crippen LogP contribution in [-0.2, 0) is 0 Å². The molecular weight excluding hydrogens is 181 g/mol. The molecule has 4 heteroatoms. The van der Waals surface area contributed by atoms with Gasteiger partial charge in [0.2, 0.25) is 0 Å². The Morgan fingerprint density at radius 1 is 1.58 bits per heavy atom. The molecule has 0 saturated heterocycles. The average Bonchev–Trinajstić information content (AvgIpc) is 2.03. The van der Waals surface area contributed by atoms with Crippen molar-refractivity contribution in [2.75, 3.05) is 0 Å². The summed E-state index contributed by atoms with van der Waals surface area (Å²) in [5.74, 6) is -0.488. The highest BCUT2D eigenvalue weighted by Crippen LogP contribution is 2.19. The van der Waals surface area contributed by atoms with Crippen LogP contribution in [0.3, 0.4) is 0 Å². The summed E-state index contributed by atoms with van der Waals surface area (Å²) in [6.45, 7) is 1.48. The van der Waals surface area contributed by atoms with Crippen LogP contribution >= 0.6 is 11.6 Å². The Labute approximate surface area is 74.3 Å². The second kappa shape index (κ2) is 3.54. The summed E-state index contributed by atoms with van der Waals surface area (Å²) in [5.41, 5.74) is 0.305. The number of oxime groups is 1. The predicted octanol–water partition coefficient (Wildman–Crippen LogP) is 2.68. The Morgan fingerprint density at radius 3 is 2.75 bits per heavy atom. The van der Waals surface area contributed by atoms with E-state index < -0.39 is 5.82 Å². The second-order valence-electron chi connectivity index (χ2n) is 2.28. The van der Waals surface area contributed by atoms with E-state index in [2.05, 4.69) is 5.16 Å². The van der Waals surface area contributed by atoms with Gasteiger partial charge in [-0.15, -0.1) is 0 Å². The Bertz CT molecular complexity index is 305. The molecule has 0 spiro atoms. The SMILES string of the molecule is C/C(=N/O)c1c(F)cccc1Cl. The van der Waals surface area contributed by atoms with E-state index in [1.807, 2.05) is 0 Å². The Balaban J connectivity index is 3.31. The molecule has 64 valence electrons. The molecular formula is C8H7ClFNO. The van der Waals surface area contributed by atoms with Crippen molar-refractivity contribution >= 4 is 17.3 Å². The lowest BCUT2D eigenvalue weighted by atomic mass is 10.1. The van der Waals surface area contributed by atoms with Gasteiger partial charge in [-0.05, 0) is 19.1 Å². The molecule has 0 aliphatic heterocycles. The van der Waals surface area contributed by atoms with Crippen LogP contribution in [0.1, 0.15) is 12.5 Å². The van der Waals surface area contributed by atoms with Gasteiger partial charge in [0, 0.05) is 0 Å². The fourth-order valence-corrected chi connectivity index (χ4v) is 1.19. The minimum atomic E-state index is -0.488. The summed E-state index contributed by atoms with van der Waals surface area (Å²) < 4.78 is 13.0. The lowest BCUT2D eigenvalue weighted by Gasteiger charge is -2.02. The molecule has 0 amide bonds. The van der Waals surface area contributed by atoms with Gasteiger partial charge in [-0.25, -0.2) is 4.39 Å². The molecule has 1 aromatic carbocycles. The van der Waals surface area contributed by atoms with Gasteiger partial charge < -0.3 is 5.21 Å². The molecule has 1 rings (SSSR count). The van der Waals surface area contributed by atoms with Crippen molar-refractivity contribution in [1.29, 1.82) is 0 Å². The first-order chi connectivity index (χ1) is 5.66. The van der Waals surface area contributed by atoms with E-state index in [9.17, 15) is 4.39 Å². The molecule has 0 fully saturated rings. The van der Waals surface area contributed by atoms with Crippen LogP contribution in [0.15, 0.2) is 23.4 Å². The van der Waals surface area contributed by atoms with Gasteiger partial charge in [0.1, 0.15) is 5.82 Å². The van der Waals surface area contributed by atoms with Crippen LogP contribution in [-0.4, -0.2) is 10.9 Å². The van der Waals surface area contributed by atoms with Crippen LogP contribution in [0.25, 0.3) is 0 Å². The molecule has 0 aromatic heterocycles. The van der Waals surface area contributed by atoms with Crippen molar-refractivity contribution in [2.45, 2.75) is 6.92 Å². The monoisotopic (exact) mass is 187 g/mol. The van der Waals surface area contributed by atoms with E-state index in [4.69, 9.17) is 16.8 Å². The third-order valence-corrected chi connectivity index (χ3v) is 1.79. The molecule has 0 radical (unpaired) electrons. The molecule has 0 aliphatic carbocycles. The first-order valence-electron chi connectivity index (χ1n) is 3.30. The topological polar surface area (TPSA) is 32.6 Å². The van der Waals surface area contributed by atoms with Crippen LogP contribution in [0, 0.1) is 5.82 Å². The average molecular weight is 188 g/mol. The van der Waals surface area contributed by atoms with E-state index in [-0.39, 0.29) is 16.3 Å². The van der Waals surface area contributed by atoms with Gasteiger partial charge in [0.25, 0.3) is 0 Å². The van der Waals surface area contributed by atoms with Gasteiger partial charge in [-0.2, -0.15) is 0 Å². The fraction of sp³-hybridized carbons (Fsp3) is 0.125. The minimum Gasteiger partial charge on any atom is -0.411 e. The largest absolute Gasteiger partial charge is 0.411 e. The molecule has 0 saturated carbocycles. The molecule has 1 N–H and O–H groups in total. The summed E-state index contributed by atoms with van der Waals surface area (Å²) in [7, 11) is 0. The molecule has 0 atom stereocenters. The molecule has 2 nitrogen and oxygen atoms in total. The van der Waals surface area contributed by atoms with Crippen molar-refractivity contribution in [3.05, 3.63) is 34.6 Å². The predicted molar refractivity (Wildman–Crippen MR) is 45.4 cm³/mol. The Morgan fingerprint density at radius 2 is 2.25 bits per heavy atom. The lowest BCUT2D eigenvalue weighted by molar-refractivity contribution is 0.319. The van der Waals surface area contributed by atoms with E-state index in [1.54, 1.807) is 0 Å². The van der Waals surface area contributed by atoms with Crippen molar-refractivity contribution in [2.24, 2.45) is 5.16 Å². The van der Waals surface area contributed by atoms with Crippen LogP contribution in [0.4, 0.5) is 4.39 Å². The normalized spacial score (nSPS) is 11.8. The van der Waals surface area contributed by atoms with Crippen molar-refractivity contribution in [3.8, 4) is 0 Å². The first-order valence-corrected chi connectivity index (χ1v) is 3.67. The zero-order valence-electron chi connectivity index (χ0n) is 6.38. The summed E-state index contributed by atoms with van der Waals surface area (Å²) in [5, 5.41) is 11.5. The number of halogens is 2. The Hall–Kier alpha value is -1.09. The van der Waals surface area contributed by atoms with Crippen LogP contribution < -0.4 is 0 Å². The highest BCUT2D eigenvalue weighted by Gasteiger charge is 2.09. The first kappa shape index (κ1) is 9.00. The maximum Gasteiger partial charge on any atom is 0.133 e. The van der Waals surface area contributed by atoms with Gasteiger partial charge in [0.15, 0.2) is 0 Å². The van der Waals surface area contributed by atoms with Gasteiger partial charge in [-0.3, -0.25) is 0 Å². The van der Waals surface area contributed by atoms with E-state index in [1.165, 1.54) is 25.1 Å². The molecule has 0 heterocycles. The van der Waals surface area contributed by atoms with E-state index >= 15 is 0 Å². The van der Waals surface area contributed by atoms with Crippen molar-refractivity contribution in [1.82, 2.24) is 0 Å². The quantitative estimate of drug-likeness (QED) is 0.409. The van der Waals surface area contributed by atoms with Crippen molar-refractivity contribution < 1.29 is 9.60 Å². The summed E-state index contributed by atoms with van der Waals surface area (Å²) in [4.78, 5) is 0. The van der Waals surface area contributed by atoms with Gasteiger partial charge in [-0.1, -0.05) is 22.8 Å². The highest BCUT2D eigenvalue weighted by molar-refractivity contribution is 6.34. The standard InChI is InChI=1S/C8H7ClFNO/c1-5(11-12)8-6(9)3-2-4-7(8)10/h2-4,12H,1H3/b11-5-. The minimum absolute atomic E-state index is 0.140. The molecule has 1 aromatic rings. The summed E-state index contributed by atoms with van der Waals surface area (Å²) in [6, 6.07) is 4.29. The number of hydrogen-bond donors (Lipinski definition) is 1. The number of rotatable bonds is 1. The van der Waals surface area contributed by atoms with E-state index in [0.717, 1.165) is 0 Å². The van der Waals surface area contributed by atoms with Crippen molar-refractivity contribution in [3.63, 3.8) is 0 Å². The smallest absolute Gasteiger partial charge is 0.133 e. The molecule has 12 heavy (non-hydrogen) atoms. The molecule has 0 unspecified atom stereocenters. The van der Waals surface area contributed by atoms with Crippen LogP contribution in [0.5, 0.6) is 0 Å². The Kier molecular flexibility index (Phi) is 2.65. The summed E-state index contributed by atoms with van der Waals surface area (Å²) >= 11 is 5.67. The molecule has 0 bridgehead atoms. The number of benzene rings is 1. The third-order valence-electron chi connectivity index (χ3n) is 1.47. The zero-order valence-corrected chi connectivity index (χ0v) is 7.14. The van der Waals surface area contributed by atoms with E-state index in [0.29, 0.717) is 0 Å². The number of nitrogens with zero attached hydrogens (tertiary/aromatic N) is 1. The summed E-state index contributed by atoms with van der Waals surface area (Å²) in [6.07, 6.45) is 0.